The summed E-state index contributed by atoms with van der Waals surface area (Å²) in [4.78, 5) is 34.9. The average Bonchev–Trinajstić information content (AvgIpc) is 2.67. The third kappa shape index (κ3) is 5.21. The van der Waals surface area contributed by atoms with E-state index in [4.69, 9.17) is 5.73 Å². The second-order valence-electron chi connectivity index (χ2n) is 6.22. The van der Waals surface area contributed by atoms with Crippen LogP contribution < -0.4 is 11.1 Å². The zero-order chi connectivity index (χ0) is 18.5. The highest BCUT2D eigenvalue weighted by Gasteiger charge is 2.27. The molecule has 7 nitrogen and oxygen atoms in total. The van der Waals surface area contributed by atoms with Crippen molar-refractivity contribution in [3.05, 3.63) is 59.4 Å². The van der Waals surface area contributed by atoms with Gasteiger partial charge in [-0.3, -0.25) is 9.59 Å². The van der Waals surface area contributed by atoms with Gasteiger partial charge in [-0.25, -0.2) is 14.4 Å². The molecule has 1 aliphatic rings. The minimum absolute atomic E-state index is 0. The molecule has 0 bridgehead atoms. The molecule has 144 valence electrons. The molecule has 27 heavy (non-hydrogen) atoms. The van der Waals surface area contributed by atoms with Crippen molar-refractivity contribution in [1.29, 1.82) is 0 Å². The molecule has 2 amide bonds. The van der Waals surface area contributed by atoms with Crippen LogP contribution in [0.2, 0.25) is 0 Å². The van der Waals surface area contributed by atoms with Crippen LogP contribution in [0.25, 0.3) is 0 Å². The maximum absolute atomic E-state index is 12.9. The summed E-state index contributed by atoms with van der Waals surface area (Å²) in [6.45, 7) is 1.21. The Morgan fingerprint density at radius 3 is 2.52 bits per heavy atom. The first-order valence-corrected chi connectivity index (χ1v) is 8.43. The van der Waals surface area contributed by atoms with E-state index in [2.05, 4.69) is 15.3 Å². The highest BCUT2D eigenvalue weighted by Crippen LogP contribution is 2.13. The molecular weight excluding hydrogens is 373 g/mol. The maximum atomic E-state index is 12.9. The van der Waals surface area contributed by atoms with Gasteiger partial charge in [0.1, 0.15) is 5.82 Å². The second kappa shape index (κ2) is 9.38. The normalized spacial score (nSPS) is 16.4. The molecule has 0 saturated carbocycles. The topological polar surface area (TPSA) is 101 Å². The SMILES string of the molecule is Cl.NC1CCCN(C(=O)c2nccnc2C(=O)NCc2ccc(F)cc2)C1. The molecule has 1 atom stereocenters. The smallest absolute Gasteiger partial charge is 0.274 e. The number of amides is 2. The molecule has 2 heterocycles. The van der Waals surface area contributed by atoms with Gasteiger partial charge in [0.15, 0.2) is 11.4 Å². The molecule has 3 rings (SSSR count). The lowest BCUT2D eigenvalue weighted by atomic mass is 10.1. The molecule has 1 aliphatic heterocycles. The number of piperidine rings is 1. The van der Waals surface area contributed by atoms with Crippen molar-refractivity contribution >= 4 is 24.2 Å². The predicted octanol–water partition coefficient (Wildman–Crippen LogP) is 1.53. The fraction of sp³-hybridized carbons (Fsp3) is 0.333. The van der Waals surface area contributed by atoms with Crippen LogP contribution >= 0.6 is 12.4 Å². The summed E-state index contributed by atoms with van der Waals surface area (Å²) < 4.78 is 12.9. The molecule has 0 spiro atoms. The summed E-state index contributed by atoms with van der Waals surface area (Å²) >= 11 is 0. The van der Waals surface area contributed by atoms with Gasteiger partial charge < -0.3 is 16.0 Å². The first-order valence-electron chi connectivity index (χ1n) is 8.43. The minimum Gasteiger partial charge on any atom is -0.347 e. The van der Waals surface area contributed by atoms with Crippen molar-refractivity contribution in [2.75, 3.05) is 13.1 Å². The number of nitrogens with zero attached hydrogens (tertiary/aromatic N) is 3. The van der Waals surface area contributed by atoms with Crippen molar-refractivity contribution in [2.45, 2.75) is 25.4 Å². The van der Waals surface area contributed by atoms with E-state index >= 15 is 0 Å². The minimum atomic E-state index is -0.507. The number of nitrogens with two attached hydrogens (primary N) is 1. The van der Waals surface area contributed by atoms with Crippen molar-refractivity contribution in [3.8, 4) is 0 Å². The Morgan fingerprint density at radius 2 is 1.85 bits per heavy atom. The Labute approximate surface area is 162 Å². The van der Waals surface area contributed by atoms with E-state index in [1.807, 2.05) is 0 Å². The van der Waals surface area contributed by atoms with Crippen molar-refractivity contribution in [3.63, 3.8) is 0 Å². The Hall–Kier alpha value is -2.58. The van der Waals surface area contributed by atoms with Crippen LogP contribution in [0.5, 0.6) is 0 Å². The Bertz CT molecular complexity index is 803. The summed E-state index contributed by atoms with van der Waals surface area (Å²) in [5.74, 6) is -1.20. The van der Waals surface area contributed by atoms with Gasteiger partial charge in [-0.05, 0) is 30.5 Å². The van der Waals surface area contributed by atoms with Gasteiger partial charge in [-0.15, -0.1) is 12.4 Å². The van der Waals surface area contributed by atoms with Crippen LogP contribution in [0.1, 0.15) is 39.4 Å². The van der Waals surface area contributed by atoms with Crippen molar-refractivity contribution in [2.24, 2.45) is 5.73 Å². The molecule has 0 aliphatic carbocycles. The largest absolute Gasteiger partial charge is 0.347 e. The number of hydrogen-bond acceptors (Lipinski definition) is 5. The lowest BCUT2D eigenvalue weighted by Gasteiger charge is -2.30. The van der Waals surface area contributed by atoms with Gasteiger partial charge in [0.2, 0.25) is 0 Å². The number of likely N-dealkylation sites (tertiary alicyclic amines) is 1. The van der Waals surface area contributed by atoms with Gasteiger partial charge in [-0.1, -0.05) is 12.1 Å². The number of carbonyl (C=O) groups excluding carboxylic acids is 2. The third-order valence-electron chi connectivity index (χ3n) is 4.23. The Kier molecular flexibility index (Phi) is 7.20. The van der Waals surface area contributed by atoms with Gasteiger partial charge in [0.25, 0.3) is 11.8 Å². The molecule has 1 saturated heterocycles. The predicted molar refractivity (Wildman–Crippen MR) is 100.0 cm³/mol. The molecule has 1 fully saturated rings. The fourth-order valence-electron chi connectivity index (χ4n) is 2.87. The number of hydrogen-bond donors (Lipinski definition) is 2. The molecule has 1 aromatic heterocycles. The fourth-order valence-corrected chi connectivity index (χ4v) is 2.87. The first kappa shape index (κ1) is 20.7. The van der Waals surface area contributed by atoms with Crippen LogP contribution in [0.15, 0.2) is 36.7 Å². The van der Waals surface area contributed by atoms with Gasteiger partial charge in [0, 0.05) is 38.1 Å². The highest BCUT2D eigenvalue weighted by atomic mass is 35.5. The molecule has 0 radical (unpaired) electrons. The molecule has 9 heteroatoms. The summed E-state index contributed by atoms with van der Waals surface area (Å²) in [7, 11) is 0. The van der Waals surface area contributed by atoms with Crippen LogP contribution in [0.3, 0.4) is 0 Å². The summed E-state index contributed by atoms with van der Waals surface area (Å²) in [5.41, 5.74) is 6.64. The number of rotatable bonds is 4. The van der Waals surface area contributed by atoms with Crippen LogP contribution in [0, 0.1) is 5.82 Å². The lowest BCUT2D eigenvalue weighted by Crippen LogP contribution is -2.46. The molecular formula is C18H21ClFN5O2. The van der Waals surface area contributed by atoms with Gasteiger partial charge in [0.05, 0.1) is 0 Å². The Morgan fingerprint density at radius 1 is 1.19 bits per heavy atom. The quantitative estimate of drug-likeness (QED) is 0.820. The third-order valence-corrected chi connectivity index (χ3v) is 4.23. The average molecular weight is 394 g/mol. The lowest BCUT2D eigenvalue weighted by molar-refractivity contribution is 0.0696. The zero-order valence-electron chi connectivity index (χ0n) is 14.6. The molecule has 1 aromatic carbocycles. The number of benzene rings is 1. The van der Waals surface area contributed by atoms with E-state index in [1.165, 1.54) is 24.5 Å². The van der Waals surface area contributed by atoms with Crippen LogP contribution in [0.4, 0.5) is 4.39 Å². The van der Waals surface area contributed by atoms with E-state index in [-0.39, 0.29) is 48.1 Å². The van der Waals surface area contributed by atoms with E-state index < -0.39 is 5.91 Å². The van der Waals surface area contributed by atoms with E-state index in [0.29, 0.717) is 13.1 Å². The first-order chi connectivity index (χ1) is 12.5. The Balaban J connectivity index is 0.00000261. The standard InChI is InChI=1S/C18H20FN5O2.ClH/c19-13-5-3-12(4-6-13)10-23-17(25)15-16(22-8-7-21-15)18(26)24-9-1-2-14(20)11-24;/h3-8,14H,1-2,9-11,20H2,(H,23,25);1H. The van der Waals surface area contributed by atoms with E-state index in [0.717, 1.165) is 18.4 Å². The number of carbonyl (C=O) groups is 2. The maximum Gasteiger partial charge on any atom is 0.274 e. The van der Waals surface area contributed by atoms with Gasteiger partial charge in [-0.2, -0.15) is 0 Å². The highest BCUT2D eigenvalue weighted by molar-refractivity contribution is 6.04. The van der Waals surface area contributed by atoms with Crippen LogP contribution in [-0.2, 0) is 6.54 Å². The van der Waals surface area contributed by atoms with E-state index in [1.54, 1.807) is 17.0 Å². The summed E-state index contributed by atoms with van der Waals surface area (Å²) in [6.07, 6.45) is 4.44. The van der Waals surface area contributed by atoms with E-state index in [9.17, 15) is 14.0 Å². The van der Waals surface area contributed by atoms with Crippen molar-refractivity contribution < 1.29 is 14.0 Å². The van der Waals surface area contributed by atoms with Crippen LogP contribution in [-0.4, -0.2) is 45.8 Å². The van der Waals surface area contributed by atoms with Gasteiger partial charge >= 0.3 is 0 Å². The number of halogens is 2. The summed E-state index contributed by atoms with van der Waals surface area (Å²) in [5, 5.41) is 2.68. The number of aromatic nitrogens is 2. The van der Waals surface area contributed by atoms with Crippen molar-refractivity contribution in [1.82, 2.24) is 20.2 Å². The molecule has 1 unspecified atom stereocenters. The summed E-state index contributed by atoms with van der Waals surface area (Å²) in [6, 6.07) is 5.72. The zero-order valence-corrected chi connectivity index (χ0v) is 15.4. The monoisotopic (exact) mass is 393 g/mol. The molecule has 2 aromatic rings. The molecule has 3 N–H and O–H groups in total. The second-order valence-corrected chi connectivity index (χ2v) is 6.22. The number of nitrogens with one attached hydrogen (secondary N) is 1.